The molecule has 17 heavy (non-hydrogen) atoms. The van der Waals surface area contributed by atoms with Crippen molar-refractivity contribution in [3.05, 3.63) is 24.0 Å². The number of likely N-dealkylation sites (N-methyl/N-ethyl adjacent to an activating group) is 1. The molecule has 0 atom stereocenters. The Morgan fingerprint density at radius 3 is 2.59 bits per heavy atom. The van der Waals surface area contributed by atoms with E-state index in [9.17, 15) is 4.39 Å². The van der Waals surface area contributed by atoms with Crippen LogP contribution in [0.1, 0.15) is 19.3 Å². The van der Waals surface area contributed by atoms with Crippen LogP contribution in [0.3, 0.4) is 0 Å². The lowest BCUT2D eigenvalue weighted by Crippen LogP contribution is -2.54. The van der Waals surface area contributed by atoms with Crippen LogP contribution in [0, 0.1) is 5.82 Å². The van der Waals surface area contributed by atoms with Gasteiger partial charge < -0.3 is 16.0 Å². The summed E-state index contributed by atoms with van der Waals surface area (Å²) < 4.78 is 12.9. The third-order valence-corrected chi connectivity index (χ3v) is 3.85. The highest BCUT2D eigenvalue weighted by atomic mass is 19.1. The molecule has 0 spiro atoms. The molecule has 0 aliphatic heterocycles. The average Bonchev–Trinajstić information content (AvgIpc) is 2.18. The van der Waals surface area contributed by atoms with E-state index in [1.165, 1.54) is 31.4 Å². The van der Waals surface area contributed by atoms with E-state index in [0.29, 0.717) is 5.69 Å². The van der Waals surface area contributed by atoms with Crippen molar-refractivity contribution in [2.45, 2.75) is 24.8 Å². The van der Waals surface area contributed by atoms with E-state index in [0.717, 1.165) is 12.2 Å². The summed E-state index contributed by atoms with van der Waals surface area (Å²) in [5, 5.41) is 3.33. The Morgan fingerprint density at radius 2 is 2.12 bits per heavy atom. The van der Waals surface area contributed by atoms with Crippen molar-refractivity contribution in [1.82, 2.24) is 4.90 Å². The van der Waals surface area contributed by atoms with Crippen molar-refractivity contribution < 1.29 is 4.39 Å². The van der Waals surface area contributed by atoms with Crippen LogP contribution < -0.4 is 11.1 Å². The van der Waals surface area contributed by atoms with Gasteiger partial charge in [0, 0.05) is 12.1 Å². The van der Waals surface area contributed by atoms with Gasteiger partial charge in [-0.15, -0.1) is 0 Å². The smallest absolute Gasteiger partial charge is 0.125 e. The summed E-state index contributed by atoms with van der Waals surface area (Å²) in [5.74, 6) is -0.293. The largest absolute Gasteiger partial charge is 0.397 e. The van der Waals surface area contributed by atoms with Crippen LogP contribution in [0.4, 0.5) is 15.8 Å². The number of nitrogens with two attached hydrogens (primary N) is 1. The fourth-order valence-corrected chi connectivity index (χ4v) is 2.32. The molecule has 1 aliphatic carbocycles. The van der Waals surface area contributed by atoms with Gasteiger partial charge in [0.2, 0.25) is 0 Å². The molecular formula is C13H20FN3. The molecule has 0 saturated heterocycles. The molecule has 94 valence electrons. The Labute approximate surface area is 102 Å². The van der Waals surface area contributed by atoms with Crippen molar-refractivity contribution in [3.8, 4) is 0 Å². The van der Waals surface area contributed by atoms with E-state index in [2.05, 4.69) is 24.3 Å². The van der Waals surface area contributed by atoms with E-state index < -0.39 is 0 Å². The molecule has 1 fully saturated rings. The van der Waals surface area contributed by atoms with E-state index in [1.807, 2.05) is 0 Å². The summed E-state index contributed by atoms with van der Waals surface area (Å²) in [6.07, 6.45) is 3.68. The van der Waals surface area contributed by atoms with Crippen LogP contribution in [-0.2, 0) is 0 Å². The summed E-state index contributed by atoms with van der Waals surface area (Å²) in [7, 11) is 4.21. The molecule has 0 aromatic heterocycles. The monoisotopic (exact) mass is 237 g/mol. The summed E-state index contributed by atoms with van der Waals surface area (Å²) in [4.78, 5) is 2.27. The summed E-state index contributed by atoms with van der Waals surface area (Å²) >= 11 is 0. The summed E-state index contributed by atoms with van der Waals surface area (Å²) in [6.45, 7) is 0.857. The average molecular weight is 237 g/mol. The first-order valence-corrected chi connectivity index (χ1v) is 6.00. The third-order valence-electron chi connectivity index (χ3n) is 3.85. The van der Waals surface area contributed by atoms with Crippen LogP contribution in [0.5, 0.6) is 0 Å². The number of nitrogen functional groups attached to an aromatic ring is 1. The van der Waals surface area contributed by atoms with Gasteiger partial charge in [-0.05, 0) is 51.6 Å². The normalized spacial score (nSPS) is 17.9. The zero-order valence-corrected chi connectivity index (χ0v) is 10.5. The topological polar surface area (TPSA) is 41.3 Å². The molecule has 4 heteroatoms. The first kappa shape index (κ1) is 12.2. The molecule has 3 N–H and O–H groups in total. The minimum absolute atomic E-state index is 0.237. The quantitative estimate of drug-likeness (QED) is 0.790. The maximum Gasteiger partial charge on any atom is 0.125 e. The number of nitrogens with zero attached hydrogens (tertiary/aromatic N) is 1. The molecule has 3 nitrogen and oxygen atoms in total. The van der Waals surface area contributed by atoms with Crippen molar-refractivity contribution in [2.24, 2.45) is 0 Å². The molecule has 0 unspecified atom stereocenters. The predicted octanol–water partition coefficient (Wildman–Crippen LogP) is 2.30. The van der Waals surface area contributed by atoms with E-state index in [1.54, 1.807) is 6.07 Å². The third kappa shape index (κ3) is 2.36. The molecule has 1 aromatic rings. The number of anilines is 2. The van der Waals surface area contributed by atoms with Crippen molar-refractivity contribution in [2.75, 3.05) is 31.7 Å². The van der Waals surface area contributed by atoms with Crippen LogP contribution >= 0.6 is 0 Å². The van der Waals surface area contributed by atoms with Crippen molar-refractivity contribution in [1.29, 1.82) is 0 Å². The maximum absolute atomic E-state index is 12.9. The second-order valence-corrected chi connectivity index (χ2v) is 5.06. The van der Waals surface area contributed by atoms with E-state index in [-0.39, 0.29) is 11.4 Å². The molecule has 1 saturated carbocycles. The maximum atomic E-state index is 12.9. The molecule has 1 aromatic carbocycles. The SMILES string of the molecule is CN(C)C1(CNc2ccc(F)cc2N)CCC1. The molecular weight excluding hydrogens is 217 g/mol. The lowest BCUT2D eigenvalue weighted by atomic mass is 9.75. The zero-order valence-electron chi connectivity index (χ0n) is 10.5. The molecule has 0 bridgehead atoms. The van der Waals surface area contributed by atoms with Crippen molar-refractivity contribution >= 4 is 11.4 Å². The highest BCUT2D eigenvalue weighted by Gasteiger charge is 2.38. The number of hydrogen-bond acceptors (Lipinski definition) is 3. The second kappa shape index (κ2) is 4.53. The van der Waals surface area contributed by atoms with Crippen LogP contribution in [-0.4, -0.2) is 31.1 Å². The molecule has 0 radical (unpaired) electrons. The van der Waals surface area contributed by atoms with Gasteiger partial charge in [-0.25, -0.2) is 4.39 Å². The van der Waals surface area contributed by atoms with Crippen LogP contribution in [0.15, 0.2) is 18.2 Å². The number of rotatable bonds is 4. The minimum Gasteiger partial charge on any atom is -0.397 e. The summed E-state index contributed by atoms with van der Waals surface area (Å²) in [5.41, 5.74) is 7.30. The molecule has 1 aliphatic rings. The molecule has 0 amide bonds. The van der Waals surface area contributed by atoms with Crippen molar-refractivity contribution in [3.63, 3.8) is 0 Å². The van der Waals surface area contributed by atoms with Crippen LogP contribution in [0.2, 0.25) is 0 Å². The van der Waals surface area contributed by atoms with E-state index >= 15 is 0 Å². The van der Waals surface area contributed by atoms with Gasteiger partial charge in [0.15, 0.2) is 0 Å². The van der Waals surface area contributed by atoms with Gasteiger partial charge in [0.25, 0.3) is 0 Å². The Morgan fingerprint density at radius 1 is 1.41 bits per heavy atom. The zero-order chi connectivity index (χ0) is 12.5. The van der Waals surface area contributed by atoms with Gasteiger partial charge in [-0.1, -0.05) is 0 Å². The molecule has 0 heterocycles. The Bertz CT molecular complexity index is 400. The second-order valence-electron chi connectivity index (χ2n) is 5.06. The Kier molecular flexibility index (Phi) is 3.24. The van der Waals surface area contributed by atoms with Gasteiger partial charge in [0.05, 0.1) is 11.4 Å². The molecule has 2 rings (SSSR count). The van der Waals surface area contributed by atoms with Crippen LogP contribution in [0.25, 0.3) is 0 Å². The highest BCUT2D eigenvalue weighted by Crippen LogP contribution is 2.36. The van der Waals surface area contributed by atoms with E-state index in [4.69, 9.17) is 5.73 Å². The fourth-order valence-electron chi connectivity index (χ4n) is 2.32. The number of benzene rings is 1. The lowest BCUT2D eigenvalue weighted by Gasteiger charge is -2.47. The minimum atomic E-state index is -0.293. The standard InChI is InChI=1S/C13H20FN3/c1-17(2)13(6-3-7-13)9-16-12-5-4-10(14)8-11(12)15/h4-5,8,16H,3,6-7,9,15H2,1-2H3. The predicted molar refractivity (Wildman–Crippen MR) is 69.6 cm³/mol. The first-order chi connectivity index (χ1) is 8.03. The van der Waals surface area contributed by atoms with Gasteiger partial charge in [-0.3, -0.25) is 0 Å². The highest BCUT2D eigenvalue weighted by molar-refractivity contribution is 5.66. The number of halogens is 1. The van der Waals surface area contributed by atoms with Gasteiger partial charge in [0.1, 0.15) is 5.82 Å². The summed E-state index contributed by atoms with van der Waals surface area (Å²) in [6, 6.07) is 4.49. The fraction of sp³-hybridized carbons (Fsp3) is 0.538. The Hall–Kier alpha value is -1.29. The number of hydrogen-bond donors (Lipinski definition) is 2. The lowest BCUT2D eigenvalue weighted by molar-refractivity contribution is 0.0739. The van der Waals surface area contributed by atoms with Gasteiger partial charge >= 0.3 is 0 Å². The Balaban J connectivity index is 2.02. The first-order valence-electron chi connectivity index (χ1n) is 6.00. The van der Waals surface area contributed by atoms with Gasteiger partial charge in [-0.2, -0.15) is 0 Å². The number of nitrogens with one attached hydrogen (secondary N) is 1.